The first-order valence-corrected chi connectivity index (χ1v) is 5.77. The third kappa shape index (κ3) is 5.01. The largest absolute Gasteiger partial charge is 0.396 e. The number of nitrogens with one attached hydrogen (secondary N) is 1. The predicted molar refractivity (Wildman–Crippen MR) is 69.2 cm³/mol. The maximum Gasteiger partial charge on any atom is 0.149 e. The van der Waals surface area contributed by atoms with E-state index in [0.717, 1.165) is 24.3 Å². The van der Waals surface area contributed by atoms with E-state index >= 15 is 0 Å². The second kappa shape index (κ2) is 7.86. The molecular formula is C12H21N3O2. The van der Waals surface area contributed by atoms with Crippen LogP contribution in [0, 0.1) is 6.92 Å². The molecule has 0 unspecified atom stereocenters. The molecule has 1 aromatic heterocycles. The van der Waals surface area contributed by atoms with Crippen molar-refractivity contribution in [3.63, 3.8) is 0 Å². The van der Waals surface area contributed by atoms with Gasteiger partial charge >= 0.3 is 0 Å². The Bertz CT molecular complexity index is 332. The zero-order valence-electron chi connectivity index (χ0n) is 10.5. The van der Waals surface area contributed by atoms with E-state index in [1.807, 2.05) is 13.0 Å². The minimum Gasteiger partial charge on any atom is -0.396 e. The number of pyridine rings is 1. The molecule has 17 heavy (non-hydrogen) atoms. The first kappa shape index (κ1) is 13.7. The lowest BCUT2D eigenvalue weighted by Crippen LogP contribution is -2.10. The van der Waals surface area contributed by atoms with Crippen LogP contribution in [-0.4, -0.2) is 38.5 Å². The van der Waals surface area contributed by atoms with E-state index in [1.54, 1.807) is 13.3 Å². The summed E-state index contributed by atoms with van der Waals surface area (Å²) in [6.45, 7) is 4.76. The van der Waals surface area contributed by atoms with Crippen molar-refractivity contribution in [1.29, 1.82) is 0 Å². The van der Waals surface area contributed by atoms with Crippen LogP contribution in [0.2, 0.25) is 0 Å². The molecule has 3 N–H and O–H groups in total. The Balaban J connectivity index is 2.16. The van der Waals surface area contributed by atoms with Crippen LogP contribution < -0.4 is 11.1 Å². The van der Waals surface area contributed by atoms with Gasteiger partial charge in [0.15, 0.2) is 0 Å². The fourth-order valence-electron chi connectivity index (χ4n) is 1.34. The highest BCUT2D eigenvalue weighted by atomic mass is 16.5. The first-order valence-electron chi connectivity index (χ1n) is 5.77. The Morgan fingerprint density at radius 2 is 2.18 bits per heavy atom. The van der Waals surface area contributed by atoms with Crippen LogP contribution in [0.25, 0.3) is 0 Å². The number of nitrogens with two attached hydrogens (primary N) is 1. The summed E-state index contributed by atoms with van der Waals surface area (Å²) in [7, 11) is 1.66. The summed E-state index contributed by atoms with van der Waals surface area (Å²) in [4.78, 5) is 4.19. The number of nitrogen functional groups attached to an aromatic ring is 1. The molecule has 0 aliphatic heterocycles. The van der Waals surface area contributed by atoms with Crippen LogP contribution in [-0.2, 0) is 9.47 Å². The second-order valence-electron chi connectivity index (χ2n) is 3.78. The quantitative estimate of drug-likeness (QED) is 0.672. The van der Waals surface area contributed by atoms with Crippen molar-refractivity contribution >= 4 is 11.5 Å². The Labute approximate surface area is 102 Å². The highest BCUT2D eigenvalue weighted by molar-refractivity contribution is 5.64. The Morgan fingerprint density at radius 1 is 1.35 bits per heavy atom. The van der Waals surface area contributed by atoms with Crippen molar-refractivity contribution in [2.75, 3.05) is 44.5 Å². The maximum atomic E-state index is 5.89. The lowest BCUT2D eigenvalue weighted by Gasteiger charge is -2.09. The van der Waals surface area contributed by atoms with Crippen molar-refractivity contribution in [3.8, 4) is 0 Å². The molecule has 0 saturated heterocycles. The summed E-state index contributed by atoms with van der Waals surface area (Å²) in [6, 6.07) is 1.90. The highest BCUT2D eigenvalue weighted by Gasteiger charge is 2.01. The van der Waals surface area contributed by atoms with E-state index in [9.17, 15) is 0 Å². The molecule has 0 fully saturated rings. The fraction of sp³-hybridized carbons (Fsp3) is 0.583. The monoisotopic (exact) mass is 239 g/mol. The predicted octanol–water partition coefficient (Wildman–Crippen LogP) is 1.44. The van der Waals surface area contributed by atoms with E-state index in [1.165, 1.54) is 0 Å². The van der Waals surface area contributed by atoms with Gasteiger partial charge in [-0.3, -0.25) is 0 Å². The van der Waals surface area contributed by atoms with Gasteiger partial charge < -0.3 is 20.5 Å². The lowest BCUT2D eigenvalue weighted by molar-refractivity contribution is 0.0705. The summed E-state index contributed by atoms with van der Waals surface area (Å²) < 4.78 is 10.2. The van der Waals surface area contributed by atoms with E-state index < -0.39 is 0 Å². The lowest BCUT2D eigenvalue weighted by atomic mass is 10.2. The summed E-state index contributed by atoms with van der Waals surface area (Å²) in [5.41, 5.74) is 7.65. The summed E-state index contributed by atoms with van der Waals surface area (Å²) in [5, 5.41) is 3.20. The molecule has 0 bridgehead atoms. The van der Waals surface area contributed by atoms with Gasteiger partial charge in [-0.15, -0.1) is 0 Å². The topological polar surface area (TPSA) is 69.4 Å². The van der Waals surface area contributed by atoms with Crippen LogP contribution in [0.1, 0.15) is 12.0 Å². The third-order valence-electron chi connectivity index (χ3n) is 2.40. The van der Waals surface area contributed by atoms with E-state index in [4.69, 9.17) is 15.2 Å². The van der Waals surface area contributed by atoms with E-state index in [-0.39, 0.29) is 0 Å². The number of hydrogen-bond acceptors (Lipinski definition) is 5. The standard InChI is InChI=1S/C12H21N3O2/c1-10-4-6-15-12(11(10)13)14-5-3-7-17-9-8-16-2/h4,6H,3,5,7-9,13H2,1-2H3,(H,14,15). The van der Waals surface area contributed by atoms with Crippen molar-refractivity contribution in [3.05, 3.63) is 17.8 Å². The number of nitrogens with zero attached hydrogens (tertiary/aromatic N) is 1. The molecule has 1 rings (SSSR count). The normalized spacial score (nSPS) is 10.5. The molecule has 0 radical (unpaired) electrons. The molecule has 0 aromatic carbocycles. The third-order valence-corrected chi connectivity index (χ3v) is 2.40. The van der Waals surface area contributed by atoms with Crippen LogP contribution in [0.5, 0.6) is 0 Å². The molecule has 0 saturated carbocycles. The molecule has 0 amide bonds. The number of aromatic nitrogens is 1. The van der Waals surface area contributed by atoms with Crippen LogP contribution in [0.15, 0.2) is 12.3 Å². The number of ether oxygens (including phenoxy) is 2. The van der Waals surface area contributed by atoms with Gasteiger partial charge in [0.05, 0.1) is 18.9 Å². The average molecular weight is 239 g/mol. The molecule has 0 spiro atoms. The van der Waals surface area contributed by atoms with E-state index in [2.05, 4.69) is 10.3 Å². The van der Waals surface area contributed by atoms with Crippen molar-refractivity contribution in [1.82, 2.24) is 4.98 Å². The maximum absolute atomic E-state index is 5.89. The number of hydrogen-bond donors (Lipinski definition) is 2. The van der Waals surface area contributed by atoms with Gasteiger partial charge in [0, 0.05) is 26.5 Å². The van der Waals surface area contributed by atoms with Gasteiger partial charge in [0.1, 0.15) is 5.82 Å². The van der Waals surface area contributed by atoms with Crippen molar-refractivity contribution < 1.29 is 9.47 Å². The minimum absolute atomic E-state index is 0.639. The zero-order chi connectivity index (χ0) is 12.5. The highest BCUT2D eigenvalue weighted by Crippen LogP contribution is 2.18. The van der Waals surface area contributed by atoms with Gasteiger partial charge in [0.2, 0.25) is 0 Å². The second-order valence-corrected chi connectivity index (χ2v) is 3.78. The van der Waals surface area contributed by atoms with Crippen LogP contribution in [0.3, 0.4) is 0 Å². The van der Waals surface area contributed by atoms with E-state index in [0.29, 0.717) is 25.5 Å². The van der Waals surface area contributed by atoms with Gasteiger partial charge in [-0.2, -0.15) is 0 Å². The molecule has 96 valence electrons. The first-order chi connectivity index (χ1) is 8.25. The SMILES string of the molecule is COCCOCCCNc1nccc(C)c1N. The summed E-state index contributed by atoms with van der Waals surface area (Å²) in [5.74, 6) is 0.752. The minimum atomic E-state index is 0.639. The molecule has 0 atom stereocenters. The zero-order valence-corrected chi connectivity index (χ0v) is 10.5. The van der Waals surface area contributed by atoms with Gasteiger partial charge in [-0.1, -0.05) is 0 Å². The molecule has 0 aliphatic rings. The fourth-order valence-corrected chi connectivity index (χ4v) is 1.34. The smallest absolute Gasteiger partial charge is 0.149 e. The molecule has 5 nitrogen and oxygen atoms in total. The molecule has 1 aromatic rings. The van der Waals surface area contributed by atoms with Gasteiger partial charge in [-0.05, 0) is 25.0 Å². The number of aryl methyl sites for hydroxylation is 1. The summed E-state index contributed by atoms with van der Waals surface area (Å²) in [6.07, 6.45) is 2.67. The number of rotatable bonds is 8. The molecule has 1 heterocycles. The average Bonchev–Trinajstić information content (AvgIpc) is 2.33. The van der Waals surface area contributed by atoms with Gasteiger partial charge in [0.25, 0.3) is 0 Å². The Morgan fingerprint density at radius 3 is 2.94 bits per heavy atom. The Kier molecular flexibility index (Phi) is 6.35. The molecular weight excluding hydrogens is 218 g/mol. The molecule has 5 heteroatoms. The van der Waals surface area contributed by atoms with Crippen molar-refractivity contribution in [2.24, 2.45) is 0 Å². The summed E-state index contributed by atoms with van der Waals surface area (Å²) >= 11 is 0. The van der Waals surface area contributed by atoms with Gasteiger partial charge in [-0.25, -0.2) is 4.98 Å². The molecule has 0 aliphatic carbocycles. The van der Waals surface area contributed by atoms with Crippen molar-refractivity contribution in [2.45, 2.75) is 13.3 Å². The number of methoxy groups -OCH3 is 1. The van der Waals surface area contributed by atoms with Crippen LogP contribution >= 0.6 is 0 Å². The number of anilines is 2. The Hall–Kier alpha value is -1.33. The van der Waals surface area contributed by atoms with Crippen LogP contribution in [0.4, 0.5) is 11.5 Å².